The fraction of sp³-hybridized carbons (Fsp3) is 0.105. The summed E-state index contributed by atoms with van der Waals surface area (Å²) in [5, 5.41) is 1.93. The number of nitrogens with zero attached hydrogens (tertiary/aromatic N) is 2. The van der Waals surface area contributed by atoms with Crippen molar-refractivity contribution in [2.75, 3.05) is 5.32 Å². The molecule has 0 spiro atoms. The molecule has 1 amide bonds. The summed E-state index contributed by atoms with van der Waals surface area (Å²) in [5.41, 5.74) is 1.05. The lowest BCUT2D eigenvalue weighted by Crippen LogP contribution is -2.18. The predicted molar refractivity (Wildman–Crippen MR) is 103 cm³/mol. The van der Waals surface area contributed by atoms with E-state index in [4.69, 9.17) is 11.6 Å². The van der Waals surface area contributed by atoms with E-state index in [2.05, 4.69) is 15.3 Å². The van der Waals surface area contributed by atoms with Crippen molar-refractivity contribution in [3.63, 3.8) is 0 Å². The minimum Gasteiger partial charge on any atom is -0.320 e. The van der Waals surface area contributed by atoms with Crippen molar-refractivity contribution in [1.82, 2.24) is 9.97 Å². The molecule has 1 N–H and O–H groups in total. The first-order chi connectivity index (χ1) is 13.3. The number of aromatic nitrogens is 2. The van der Waals surface area contributed by atoms with Gasteiger partial charge in [-0.2, -0.15) is 0 Å². The van der Waals surface area contributed by atoms with E-state index in [1.165, 1.54) is 18.2 Å². The van der Waals surface area contributed by atoms with Gasteiger partial charge in [0.05, 0.1) is 17.0 Å². The largest absolute Gasteiger partial charge is 0.320 e. The van der Waals surface area contributed by atoms with Crippen molar-refractivity contribution >= 4 is 33.0 Å². The van der Waals surface area contributed by atoms with Gasteiger partial charge in [-0.1, -0.05) is 48.0 Å². The van der Waals surface area contributed by atoms with E-state index in [-0.39, 0.29) is 16.3 Å². The molecular weight excluding hydrogens is 405 g/mol. The average molecular weight is 420 g/mol. The van der Waals surface area contributed by atoms with Crippen LogP contribution in [0.4, 0.5) is 10.1 Å². The van der Waals surface area contributed by atoms with Crippen LogP contribution in [0.15, 0.2) is 59.9 Å². The maximum atomic E-state index is 13.8. The van der Waals surface area contributed by atoms with Crippen LogP contribution in [0.3, 0.4) is 0 Å². The van der Waals surface area contributed by atoms with Crippen LogP contribution in [0, 0.1) is 12.7 Å². The van der Waals surface area contributed by atoms with Gasteiger partial charge in [-0.15, -0.1) is 0 Å². The van der Waals surface area contributed by atoms with E-state index < -0.39 is 32.5 Å². The fourth-order valence-corrected chi connectivity index (χ4v) is 3.83. The first-order valence-corrected chi connectivity index (χ1v) is 10.2. The van der Waals surface area contributed by atoms with Gasteiger partial charge in [-0.25, -0.2) is 22.8 Å². The van der Waals surface area contributed by atoms with E-state index >= 15 is 0 Å². The number of rotatable bonds is 5. The Kier molecular flexibility index (Phi) is 5.71. The molecule has 0 radical (unpaired) electrons. The second-order valence-corrected chi connectivity index (χ2v) is 8.26. The van der Waals surface area contributed by atoms with Crippen LogP contribution in [-0.4, -0.2) is 24.3 Å². The zero-order valence-corrected chi connectivity index (χ0v) is 16.3. The molecule has 144 valence electrons. The number of para-hydroxylation sites is 1. The molecule has 0 unspecified atom stereocenters. The molecule has 3 aromatic rings. The van der Waals surface area contributed by atoms with Crippen molar-refractivity contribution in [3.05, 3.63) is 82.4 Å². The predicted octanol–water partition coefficient (Wildman–Crippen LogP) is 3.80. The van der Waals surface area contributed by atoms with E-state index in [0.29, 0.717) is 5.69 Å². The van der Waals surface area contributed by atoms with Crippen molar-refractivity contribution in [1.29, 1.82) is 0 Å². The smallest absolute Gasteiger partial charge is 0.275 e. The zero-order chi connectivity index (χ0) is 20.3. The van der Waals surface area contributed by atoms with Crippen LogP contribution >= 0.6 is 11.6 Å². The van der Waals surface area contributed by atoms with Gasteiger partial charge in [0, 0.05) is 11.3 Å². The molecule has 1 aromatic heterocycles. The van der Waals surface area contributed by atoms with Crippen LogP contribution < -0.4 is 5.32 Å². The van der Waals surface area contributed by atoms with Gasteiger partial charge in [0.25, 0.3) is 5.91 Å². The van der Waals surface area contributed by atoms with Crippen LogP contribution in [0.1, 0.15) is 21.6 Å². The monoisotopic (exact) mass is 419 g/mol. The minimum atomic E-state index is -4.09. The number of hydrogen-bond donors (Lipinski definition) is 1. The molecule has 0 saturated carbocycles. The molecule has 2 aromatic carbocycles. The normalized spacial score (nSPS) is 11.2. The maximum Gasteiger partial charge on any atom is 0.275 e. The van der Waals surface area contributed by atoms with Gasteiger partial charge >= 0.3 is 0 Å². The number of carbonyl (C=O) groups is 1. The van der Waals surface area contributed by atoms with Crippen LogP contribution in [0.5, 0.6) is 0 Å². The second-order valence-electron chi connectivity index (χ2n) is 5.97. The lowest BCUT2D eigenvalue weighted by molar-refractivity contribution is 0.102. The average Bonchev–Trinajstić information content (AvgIpc) is 2.65. The number of anilines is 1. The van der Waals surface area contributed by atoms with Gasteiger partial charge in [0.15, 0.2) is 5.69 Å². The van der Waals surface area contributed by atoms with Gasteiger partial charge in [0.1, 0.15) is 5.82 Å². The number of amides is 1. The van der Waals surface area contributed by atoms with Crippen molar-refractivity contribution in [2.45, 2.75) is 17.8 Å². The highest BCUT2D eigenvalue weighted by Crippen LogP contribution is 2.21. The molecule has 28 heavy (non-hydrogen) atoms. The van der Waals surface area contributed by atoms with Gasteiger partial charge in [0.2, 0.25) is 15.0 Å². The number of benzene rings is 2. The molecule has 6 nitrogen and oxygen atoms in total. The molecule has 0 bridgehead atoms. The van der Waals surface area contributed by atoms with Crippen molar-refractivity contribution < 1.29 is 17.6 Å². The Morgan fingerprint density at radius 1 is 1.14 bits per heavy atom. The molecule has 9 heteroatoms. The van der Waals surface area contributed by atoms with E-state index in [1.54, 1.807) is 12.1 Å². The Balaban J connectivity index is 1.91. The summed E-state index contributed by atoms with van der Waals surface area (Å²) in [7, 11) is -4.09. The van der Waals surface area contributed by atoms with E-state index in [9.17, 15) is 17.6 Å². The molecule has 1 heterocycles. The van der Waals surface area contributed by atoms with Crippen molar-refractivity contribution in [3.8, 4) is 0 Å². The second kappa shape index (κ2) is 8.04. The Morgan fingerprint density at radius 3 is 2.54 bits per heavy atom. The molecule has 0 saturated heterocycles. The van der Waals surface area contributed by atoms with Gasteiger partial charge in [-0.3, -0.25) is 4.79 Å². The molecule has 0 aliphatic carbocycles. The van der Waals surface area contributed by atoms with Crippen LogP contribution in [0.25, 0.3) is 0 Å². The lowest BCUT2D eigenvalue weighted by Gasteiger charge is -2.10. The quantitative estimate of drug-likeness (QED) is 0.635. The number of nitrogens with one attached hydrogen (secondary N) is 1. The Morgan fingerprint density at radius 2 is 1.82 bits per heavy atom. The summed E-state index contributed by atoms with van der Waals surface area (Å²) >= 11 is 5.99. The molecular formula is C19H15ClFN3O3S. The maximum absolute atomic E-state index is 13.8. The topological polar surface area (TPSA) is 89.0 Å². The molecule has 0 aliphatic heterocycles. The Bertz CT molecular complexity index is 1150. The fourth-order valence-electron chi connectivity index (χ4n) is 2.44. The summed E-state index contributed by atoms with van der Waals surface area (Å²) in [6.07, 6.45) is 1.04. The number of hydrogen-bond acceptors (Lipinski definition) is 5. The Hall–Kier alpha value is -2.84. The van der Waals surface area contributed by atoms with Crippen LogP contribution in [0.2, 0.25) is 5.02 Å². The molecule has 3 rings (SSSR count). The van der Waals surface area contributed by atoms with Crippen LogP contribution in [-0.2, 0) is 15.6 Å². The summed E-state index contributed by atoms with van der Waals surface area (Å²) < 4.78 is 39.0. The summed E-state index contributed by atoms with van der Waals surface area (Å²) in [6.45, 7) is 1.81. The van der Waals surface area contributed by atoms with Crippen molar-refractivity contribution in [2.24, 2.45) is 0 Å². The lowest BCUT2D eigenvalue weighted by atomic mass is 10.2. The minimum absolute atomic E-state index is 0.0213. The summed E-state index contributed by atoms with van der Waals surface area (Å²) in [4.78, 5) is 20.1. The summed E-state index contributed by atoms with van der Waals surface area (Å²) in [5.74, 6) is -1.97. The highest BCUT2D eigenvalue weighted by molar-refractivity contribution is 7.90. The molecule has 0 fully saturated rings. The molecule has 0 aliphatic rings. The highest BCUT2D eigenvalue weighted by atomic mass is 35.5. The van der Waals surface area contributed by atoms with E-state index in [0.717, 1.165) is 17.8 Å². The number of carbonyl (C=O) groups excluding carboxylic acids is 1. The van der Waals surface area contributed by atoms with E-state index in [1.807, 2.05) is 19.1 Å². The van der Waals surface area contributed by atoms with Gasteiger partial charge in [-0.05, 0) is 24.6 Å². The zero-order valence-electron chi connectivity index (χ0n) is 14.7. The highest BCUT2D eigenvalue weighted by Gasteiger charge is 2.24. The third-order valence-corrected chi connectivity index (χ3v) is 5.63. The van der Waals surface area contributed by atoms with Gasteiger partial charge < -0.3 is 5.32 Å². The SMILES string of the molecule is Cc1ccccc1NC(=O)c1nc(S(=O)(=O)Cc2ccccc2F)ncc1Cl. The Labute approximate surface area is 166 Å². The number of sulfone groups is 1. The number of aryl methyl sites for hydroxylation is 1. The third kappa shape index (κ3) is 4.35. The standard InChI is InChI=1S/C19H15ClFN3O3S/c1-12-6-2-5-9-16(12)23-18(25)17-14(20)10-22-19(24-17)28(26,27)11-13-7-3-4-8-15(13)21/h2-10H,11H2,1H3,(H,23,25). The molecule has 0 atom stereocenters. The summed E-state index contributed by atoms with van der Waals surface area (Å²) in [6, 6.07) is 12.6. The first-order valence-electron chi connectivity index (χ1n) is 8.13. The first kappa shape index (κ1) is 19.9. The number of halogens is 2. The third-order valence-electron chi connectivity index (χ3n) is 3.91.